The predicted octanol–water partition coefficient (Wildman–Crippen LogP) is 1.15. The third-order valence-corrected chi connectivity index (χ3v) is 3.36. The number of carbonyl (C=O) groups excluding carboxylic acids is 1. The van der Waals surface area contributed by atoms with Crippen LogP contribution in [0.5, 0.6) is 0 Å². The minimum atomic E-state index is -0.467. The lowest BCUT2D eigenvalue weighted by Gasteiger charge is -2.20. The van der Waals surface area contributed by atoms with Gasteiger partial charge in [0.25, 0.3) is 5.91 Å². The topological polar surface area (TPSA) is 86.9 Å². The first-order valence-corrected chi connectivity index (χ1v) is 5.73. The zero-order valence-electron chi connectivity index (χ0n) is 9.57. The van der Waals surface area contributed by atoms with E-state index in [1.54, 1.807) is 11.7 Å². The zero-order valence-corrected chi connectivity index (χ0v) is 9.57. The normalized spacial score (nSPS) is 17.6. The number of nitrogens with two attached hydrogens (primary N) is 2. The molecular weight excluding hydrogens is 204 g/mol. The summed E-state index contributed by atoms with van der Waals surface area (Å²) in [6.45, 7) is 0. The second-order valence-electron chi connectivity index (χ2n) is 4.47. The zero-order chi connectivity index (χ0) is 11.7. The molecule has 0 radical (unpaired) electrons. The molecule has 0 unspecified atom stereocenters. The quantitative estimate of drug-likeness (QED) is 0.786. The van der Waals surface area contributed by atoms with E-state index in [1.165, 1.54) is 19.3 Å². The first kappa shape index (κ1) is 11.0. The Morgan fingerprint density at radius 3 is 2.56 bits per heavy atom. The molecule has 1 aliphatic rings. The fourth-order valence-electron chi connectivity index (χ4n) is 2.47. The van der Waals surface area contributed by atoms with Crippen LogP contribution in [-0.4, -0.2) is 15.7 Å². The molecule has 0 bridgehead atoms. The second-order valence-corrected chi connectivity index (χ2v) is 4.47. The molecule has 0 spiro atoms. The standard InChI is InChI=1S/C11H18N4O/c1-15-10(12)8(11(13)16)9(14-15)7-5-3-2-4-6-7/h7H,2-6,12H2,1H3,(H2,13,16). The van der Waals surface area contributed by atoms with Crippen LogP contribution < -0.4 is 11.5 Å². The SMILES string of the molecule is Cn1nc(C2CCCCC2)c(C(N)=O)c1N. The molecule has 1 saturated carbocycles. The van der Waals surface area contributed by atoms with Gasteiger partial charge in [0.05, 0.1) is 5.69 Å². The molecule has 0 saturated heterocycles. The Bertz CT molecular complexity index is 404. The molecule has 1 heterocycles. The van der Waals surface area contributed by atoms with E-state index in [4.69, 9.17) is 11.5 Å². The van der Waals surface area contributed by atoms with Crippen molar-refractivity contribution in [3.8, 4) is 0 Å². The summed E-state index contributed by atoms with van der Waals surface area (Å²) in [7, 11) is 1.74. The maximum absolute atomic E-state index is 11.4. The van der Waals surface area contributed by atoms with Gasteiger partial charge >= 0.3 is 0 Å². The van der Waals surface area contributed by atoms with Crippen molar-refractivity contribution in [2.75, 3.05) is 5.73 Å². The number of carbonyl (C=O) groups is 1. The van der Waals surface area contributed by atoms with Crippen LogP contribution in [0.1, 0.15) is 54.1 Å². The molecule has 1 aliphatic carbocycles. The van der Waals surface area contributed by atoms with Crippen LogP contribution in [0, 0.1) is 0 Å². The number of nitrogen functional groups attached to an aromatic ring is 1. The number of rotatable bonds is 2. The lowest BCUT2D eigenvalue weighted by Crippen LogP contribution is -2.17. The Hall–Kier alpha value is -1.52. The highest BCUT2D eigenvalue weighted by molar-refractivity contribution is 5.98. The highest BCUT2D eigenvalue weighted by Crippen LogP contribution is 2.34. The molecule has 0 aromatic carbocycles. The van der Waals surface area contributed by atoms with E-state index in [2.05, 4.69) is 5.10 Å². The summed E-state index contributed by atoms with van der Waals surface area (Å²) >= 11 is 0. The van der Waals surface area contributed by atoms with Gasteiger partial charge in [-0.2, -0.15) is 5.10 Å². The molecule has 1 aromatic heterocycles. The Morgan fingerprint density at radius 1 is 1.38 bits per heavy atom. The molecule has 0 aliphatic heterocycles. The fourth-order valence-corrected chi connectivity index (χ4v) is 2.47. The van der Waals surface area contributed by atoms with Crippen molar-refractivity contribution in [3.05, 3.63) is 11.3 Å². The van der Waals surface area contributed by atoms with E-state index in [9.17, 15) is 4.79 Å². The number of hydrogen-bond donors (Lipinski definition) is 2. The number of amides is 1. The van der Waals surface area contributed by atoms with Crippen molar-refractivity contribution in [1.82, 2.24) is 9.78 Å². The Labute approximate surface area is 94.8 Å². The van der Waals surface area contributed by atoms with Gasteiger partial charge in [-0.1, -0.05) is 19.3 Å². The smallest absolute Gasteiger partial charge is 0.254 e. The van der Waals surface area contributed by atoms with Crippen molar-refractivity contribution in [2.24, 2.45) is 12.8 Å². The molecule has 1 fully saturated rings. The minimum Gasteiger partial charge on any atom is -0.383 e. The molecule has 1 amide bonds. The number of aryl methyl sites for hydroxylation is 1. The van der Waals surface area contributed by atoms with Crippen LogP contribution in [0.2, 0.25) is 0 Å². The first-order chi connectivity index (χ1) is 7.61. The van der Waals surface area contributed by atoms with Crippen molar-refractivity contribution >= 4 is 11.7 Å². The van der Waals surface area contributed by atoms with Crippen LogP contribution >= 0.6 is 0 Å². The molecule has 5 nitrogen and oxygen atoms in total. The van der Waals surface area contributed by atoms with Gasteiger partial charge in [0.15, 0.2) is 0 Å². The summed E-state index contributed by atoms with van der Waals surface area (Å²) in [5.41, 5.74) is 12.4. The molecule has 88 valence electrons. The van der Waals surface area contributed by atoms with Crippen molar-refractivity contribution in [2.45, 2.75) is 38.0 Å². The number of nitrogens with zero attached hydrogens (tertiary/aromatic N) is 2. The van der Waals surface area contributed by atoms with Crippen LogP contribution in [0.25, 0.3) is 0 Å². The summed E-state index contributed by atoms with van der Waals surface area (Å²) < 4.78 is 1.55. The van der Waals surface area contributed by atoms with Gasteiger partial charge in [0.2, 0.25) is 0 Å². The summed E-state index contributed by atoms with van der Waals surface area (Å²) in [5.74, 6) is 0.263. The van der Waals surface area contributed by atoms with Crippen molar-refractivity contribution < 1.29 is 4.79 Å². The van der Waals surface area contributed by atoms with E-state index in [0.29, 0.717) is 17.3 Å². The minimum absolute atomic E-state index is 0.347. The van der Waals surface area contributed by atoms with Crippen LogP contribution in [-0.2, 0) is 7.05 Å². The molecule has 2 rings (SSSR count). The van der Waals surface area contributed by atoms with Crippen LogP contribution in [0.15, 0.2) is 0 Å². The largest absolute Gasteiger partial charge is 0.383 e. The maximum atomic E-state index is 11.4. The van der Waals surface area contributed by atoms with Gasteiger partial charge in [-0.15, -0.1) is 0 Å². The van der Waals surface area contributed by atoms with Gasteiger partial charge in [-0.05, 0) is 12.8 Å². The van der Waals surface area contributed by atoms with Gasteiger partial charge in [0, 0.05) is 13.0 Å². The number of primary amides is 1. The molecule has 5 heteroatoms. The van der Waals surface area contributed by atoms with E-state index in [0.717, 1.165) is 18.5 Å². The Balaban J connectivity index is 2.38. The van der Waals surface area contributed by atoms with Crippen LogP contribution in [0.3, 0.4) is 0 Å². The maximum Gasteiger partial charge on any atom is 0.254 e. The van der Waals surface area contributed by atoms with Gasteiger partial charge in [-0.3, -0.25) is 9.48 Å². The Morgan fingerprint density at radius 2 is 2.00 bits per heavy atom. The monoisotopic (exact) mass is 222 g/mol. The fraction of sp³-hybridized carbons (Fsp3) is 0.636. The first-order valence-electron chi connectivity index (χ1n) is 5.73. The second kappa shape index (κ2) is 4.15. The summed E-state index contributed by atoms with van der Waals surface area (Å²) in [6.07, 6.45) is 5.82. The highest BCUT2D eigenvalue weighted by Gasteiger charge is 2.26. The predicted molar refractivity (Wildman–Crippen MR) is 62.0 cm³/mol. The third kappa shape index (κ3) is 1.77. The number of aromatic nitrogens is 2. The van der Waals surface area contributed by atoms with Gasteiger partial charge < -0.3 is 11.5 Å². The molecule has 4 N–H and O–H groups in total. The summed E-state index contributed by atoms with van der Waals surface area (Å²) in [4.78, 5) is 11.4. The van der Waals surface area contributed by atoms with E-state index >= 15 is 0 Å². The van der Waals surface area contributed by atoms with Crippen molar-refractivity contribution in [1.29, 1.82) is 0 Å². The molecular formula is C11H18N4O. The third-order valence-electron chi connectivity index (χ3n) is 3.36. The molecule has 1 aromatic rings. The van der Waals surface area contributed by atoms with E-state index in [1.807, 2.05) is 0 Å². The highest BCUT2D eigenvalue weighted by atomic mass is 16.1. The number of anilines is 1. The van der Waals surface area contributed by atoms with Gasteiger partial charge in [0.1, 0.15) is 11.4 Å². The average Bonchev–Trinajstić information content (AvgIpc) is 2.57. The van der Waals surface area contributed by atoms with Crippen molar-refractivity contribution in [3.63, 3.8) is 0 Å². The Kier molecular flexibility index (Phi) is 2.85. The molecule has 0 atom stereocenters. The van der Waals surface area contributed by atoms with E-state index < -0.39 is 5.91 Å². The van der Waals surface area contributed by atoms with Gasteiger partial charge in [-0.25, -0.2) is 0 Å². The molecule has 16 heavy (non-hydrogen) atoms. The average molecular weight is 222 g/mol. The lowest BCUT2D eigenvalue weighted by atomic mass is 9.85. The lowest BCUT2D eigenvalue weighted by molar-refractivity contribution is 0.0999. The van der Waals surface area contributed by atoms with Crippen LogP contribution in [0.4, 0.5) is 5.82 Å². The van der Waals surface area contributed by atoms with E-state index in [-0.39, 0.29) is 0 Å². The number of hydrogen-bond acceptors (Lipinski definition) is 3. The summed E-state index contributed by atoms with van der Waals surface area (Å²) in [6, 6.07) is 0. The summed E-state index contributed by atoms with van der Waals surface area (Å²) in [5, 5.41) is 4.35.